The highest BCUT2D eigenvalue weighted by Crippen LogP contribution is 2.37. The van der Waals surface area contributed by atoms with E-state index in [2.05, 4.69) is 25.2 Å². The first-order valence-electron chi connectivity index (χ1n) is 9.29. The van der Waals surface area contributed by atoms with Crippen molar-refractivity contribution in [3.63, 3.8) is 0 Å². The third kappa shape index (κ3) is 3.26. The SMILES string of the molecule is Cc1cccc(CO[C@H]2CCOC3(C2)CN(c2ccc4nncn4n2)C3)n1. The van der Waals surface area contributed by atoms with E-state index in [-0.39, 0.29) is 11.7 Å². The van der Waals surface area contributed by atoms with Crippen LogP contribution in [0.4, 0.5) is 5.82 Å². The minimum absolute atomic E-state index is 0.132. The number of hydrogen-bond donors (Lipinski definition) is 0. The van der Waals surface area contributed by atoms with Gasteiger partial charge in [0.15, 0.2) is 5.65 Å². The third-order valence-electron chi connectivity index (χ3n) is 5.29. The van der Waals surface area contributed by atoms with Crippen molar-refractivity contribution in [2.75, 3.05) is 24.6 Å². The highest BCUT2D eigenvalue weighted by atomic mass is 16.5. The molecule has 1 atom stereocenters. The molecule has 1 spiro atoms. The van der Waals surface area contributed by atoms with E-state index in [4.69, 9.17) is 9.47 Å². The van der Waals surface area contributed by atoms with Gasteiger partial charge in [-0.1, -0.05) is 6.07 Å². The number of rotatable bonds is 4. The number of aromatic nitrogens is 5. The fourth-order valence-electron chi connectivity index (χ4n) is 3.93. The Balaban J connectivity index is 1.20. The molecule has 0 saturated carbocycles. The molecule has 2 fully saturated rings. The lowest BCUT2D eigenvalue weighted by Gasteiger charge is -2.53. The van der Waals surface area contributed by atoms with Gasteiger partial charge in [0.1, 0.15) is 17.7 Å². The first-order valence-corrected chi connectivity index (χ1v) is 9.29. The van der Waals surface area contributed by atoms with Gasteiger partial charge in [-0.2, -0.15) is 4.52 Å². The van der Waals surface area contributed by atoms with Crippen molar-refractivity contribution in [2.45, 2.75) is 38.1 Å². The molecule has 2 aliphatic heterocycles. The van der Waals surface area contributed by atoms with Crippen LogP contribution in [0.25, 0.3) is 5.65 Å². The second-order valence-corrected chi connectivity index (χ2v) is 7.41. The molecule has 3 aromatic heterocycles. The monoisotopic (exact) mass is 366 g/mol. The zero-order chi connectivity index (χ0) is 18.3. The average Bonchev–Trinajstić information content (AvgIpc) is 3.12. The zero-order valence-electron chi connectivity index (χ0n) is 15.3. The largest absolute Gasteiger partial charge is 0.372 e. The molecule has 5 rings (SSSR count). The molecule has 0 N–H and O–H groups in total. The maximum absolute atomic E-state index is 6.15. The molecule has 140 valence electrons. The van der Waals surface area contributed by atoms with Gasteiger partial charge in [-0.05, 0) is 37.6 Å². The topological polar surface area (TPSA) is 77.7 Å². The van der Waals surface area contributed by atoms with E-state index >= 15 is 0 Å². The van der Waals surface area contributed by atoms with E-state index in [1.54, 1.807) is 10.8 Å². The quantitative estimate of drug-likeness (QED) is 0.696. The molecule has 8 heteroatoms. The third-order valence-corrected chi connectivity index (χ3v) is 5.29. The molecular weight excluding hydrogens is 344 g/mol. The minimum atomic E-state index is -0.132. The highest BCUT2D eigenvalue weighted by Gasteiger charge is 2.48. The number of anilines is 1. The summed E-state index contributed by atoms with van der Waals surface area (Å²) in [7, 11) is 0. The molecule has 2 saturated heterocycles. The number of pyridine rings is 1. The molecule has 8 nitrogen and oxygen atoms in total. The second kappa shape index (κ2) is 6.54. The summed E-state index contributed by atoms with van der Waals surface area (Å²) >= 11 is 0. The van der Waals surface area contributed by atoms with E-state index in [0.29, 0.717) is 6.61 Å². The van der Waals surface area contributed by atoms with Crippen LogP contribution in [0.1, 0.15) is 24.2 Å². The fraction of sp³-hybridized carbons (Fsp3) is 0.474. The number of hydrogen-bond acceptors (Lipinski definition) is 7. The van der Waals surface area contributed by atoms with Crippen LogP contribution in [0.3, 0.4) is 0 Å². The van der Waals surface area contributed by atoms with Gasteiger partial charge in [0, 0.05) is 18.7 Å². The van der Waals surface area contributed by atoms with E-state index in [9.17, 15) is 0 Å². The van der Waals surface area contributed by atoms with Gasteiger partial charge in [0.05, 0.1) is 31.5 Å². The Kier molecular flexibility index (Phi) is 4.02. The van der Waals surface area contributed by atoms with Crippen molar-refractivity contribution in [3.05, 3.63) is 48.0 Å². The fourth-order valence-corrected chi connectivity index (χ4v) is 3.93. The molecule has 2 aliphatic rings. The van der Waals surface area contributed by atoms with Gasteiger partial charge in [-0.3, -0.25) is 4.98 Å². The second-order valence-electron chi connectivity index (χ2n) is 7.41. The average molecular weight is 366 g/mol. The lowest BCUT2D eigenvalue weighted by molar-refractivity contribution is -0.148. The van der Waals surface area contributed by atoms with Crippen LogP contribution in [0.15, 0.2) is 36.7 Å². The summed E-state index contributed by atoms with van der Waals surface area (Å²) < 4.78 is 14.0. The van der Waals surface area contributed by atoms with Crippen molar-refractivity contribution in [2.24, 2.45) is 0 Å². The number of nitrogens with zero attached hydrogens (tertiary/aromatic N) is 6. The highest BCUT2D eigenvalue weighted by molar-refractivity contribution is 5.48. The van der Waals surface area contributed by atoms with Crippen molar-refractivity contribution in [3.8, 4) is 0 Å². The maximum Gasteiger partial charge on any atom is 0.177 e. The summed E-state index contributed by atoms with van der Waals surface area (Å²) in [5.41, 5.74) is 2.62. The lowest BCUT2D eigenvalue weighted by Crippen LogP contribution is -2.66. The van der Waals surface area contributed by atoms with Gasteiger partial charge >= 0.3 is 0 Å². The van der Waals surface area contributed by atoms with Crippen LogP contribution >= 0.6 is 0 Å². The predicted molar refractivity (Wildman–Crippen MR) is 98.5 cm³/mol. The number of ether oxygens (including phenoxy) is 2. The van der Waals surface area contributed by atoms with Gasteiger partial charge in [0.25, 0.3) is 0 Å². The molecular formula is C19H22N6O2. The van der Waals surface area contributed by atoms with Crippen LogP contribution in [-0.2, 0) is 16.1 Å². The van der Waals surface area contributed by atoms with Gasteiger partial charge < -0.3 is 14.4 Å². The Bertz CT molecular complexity index is 952. The molecule has 0 radical (unpaired) electrons. The summed E-state index contributed by atoms with van der Waals surface area (Å²) in [5.74, 6) is 0.920. The summed E-state index contributed by atoms with van der Waals surface area (Å²) in [6.45, 7) is 4.95. The van der Waals surface area contributed by atoms with Crippen molar-refractivity contribution in [1.29, 1.82) is 0 Å². The smallest absolute Gasteiger partial charge is 0.177 e. The Morgan fingerprint density at radius 2 is 2.19 bits per heavy atom. The molecule has 0 aromatic carbocycles. The Morgan fingerprint density at radius 1 is 1.26 bits per heavy atom. The van der Waals surface area contributed by atoms with E-state index in [1.165, 1.54) is 0 Å². The minimum Gasteiger partial charge on any atom is -0.372 e. The standard InChI is InChI=1S/C19H22N6O2/c1-14-3-2-4-15(21-14)10-26-16-7-8-27-19(9-16)11-24(12-19)18-6-5-17-22-20-13-25(17)23-18/h2-6,13,16H,7-12H2,1H3/t16-/m0/s1. The van der Waals surface area contributed by atoms with Crippen molar-refractivity contribution < 1.29 is 9.47 Å². The summed E-state index contributed by atoms with van der Waals surface area (Å²) in [5, 5.41) is 12.4. The normalized spacial score (nSPS) is 21.5. The molecule has 0 amide bonds. The molecule has 3 aromatic rings. The van der Waals surface area contributed by atoms with Gasteiger partial charge in [-0.15, -0.1) is 15.3 Å². The van der Waals surface area contributed by atoms with Crippen LogP contribution in [0.5, 0.6) is 0 Å². The van der Waals surface area contributed by atoms with E-state index in [1.807, 2.05) is 37.3 Å². The van der Waals surface area contributed by atoms with Crippen molar-refractivity contribution >= 4 is 11.5 Å². The Morgan fingerprint density at radius 3 is 3.07 bits per heavy atom. The first-order chi connectivity index (χ1) is 13.2. The summed E-state index contributed by atoms with van der Waals surface area (Å²) in [4.78, 5) is 6.74. The summed E-state index contributed by atoms with van der Waals surface area (Å²) in [6, 6.07) is 9.96. The Labute approximate surface area is 157 Å². The predicted octanol–water partition coefficient (Wildman–Crippen LogP) is 1.78. The van der Waals surface area contributed by atoms with Gasteiger partial charge in [0.2, 0.25) is 0 Å². The van der Waals surface area contributed by atoms with E-state index < -0.39 is 0 Å². The van der Waals surface area contributed by atoms with Gasteiger partial charge in [-0.25, -0.2) is 0 Å². The van der Waals surface area contributed by atoms with Crippen LogP contribution in [0, 0.1) is 6.92 Å². The van der Waals surface area contributed by atoms with Crippen LogP contribution < -0.4 is 4.90 Å². The molecule has 0 bridgehead atoms. The van der Waals surface area contributed by atoms with Crippen LogP contribution in [0.2, 0.25) is 0 Å². The molecule has 0 unspecified atom stereocenters. The van der Waals surface area contributed by atoms with Crippen LogP contribution in [-0.4, -0.2) is 56.2 Å². The Hall–Kier alpha value is -2.58. The first kappa shape index (κ1) is 16.6. The molecule has 5 heterocycles. The zero-order valence-corrected chi connectivity index (χ0v) is 15.3. The lowest BCUT2D eigenvalue weighted by atomic mass is 9.84. The summed E-state index contributed by atoms with van der Waals surface area (Å²) in [6.07, 6.45) is 3.66. The van der Waals surface area contributed by atoms with Crippen molar-refractivity contribution in [1.82, 2.24) is 24.8 Å². The molecule has 0 aliphatic carbocycles. The maximum atomic E-state index is 6.15. The number of aryl methyl sites for hydroxylation is 1. The number of fused-ring (bicyclic) bond motifs is 1. The van der Waals surface area contributed by atoms with E-state index in [0.717, 1.165) is 55.4 Å². The molecule has 27 heavy (non-hydrogen) atoms.